The fourth-order valence-electron chi connectivity index (χ4n) is 3.08. The van der Waals surface area contributed by atoms with E-state index in [1.165, 1.54) is 6.26 Å². The summed E-state index contributed by atoms with van der Waals surface area (Å²) in [6.45, 7) is 11.4. The zero-order valence-electron chi connectivity index (χ0n) is 13.8. The molecule has 20 heavy (non-hydrogen) atoms. The Hall–Kier alpha value is -0.130. The van der Waals surface area contributed by atoms with Crippen molar-refractivity contribution < 1.29 is 8.42 Å². The number of nitrogens with zero attached hydrogens (tertiary/aromatic N) is 1. The van der Waals surface area contributed by atoms with E-state index in [0.717, 1.165) is 32.2 Å². The van der Waals surface area contributed by atoms with Gasteiger partial charge in [0.05, 0.1) is 6.26 Å². The minimum atomic E-state index is -3.02. The second-order valence-electron chi connectivity index (χ2n) is 7.36. The molecule has 5 heteroatoms. The molecule has 1 aliphatic rings. The van der Waals surface area contributed by atoms with Crippen molar-refractivity contribution in [3.8, 4) is 0 Å². The molecule has 1 aliphatic heterocycles. The van der Waals surface area contributed by atoms with Gasteiger partial charge in [0.25, 0.3) is 0 Å². The van der Waals surface area contributed by atoms with Gasteiger partial charge in [-0.05, 0) is 43.6 Å². The van der Waals surface area contributed by atoms with Gasteiger partial charge in [0.15, 0.2) is 0 Å². The van der Waals surface area contributed by atoms with Crippen molar-refractivity contribution in [1.29, 1.82) is 0 Å². The fraction of sp³-hybridized carbons (Fsp3) is 1.00. The van der Waals surface area contributed by atoms with E-state index < -0.39 is 10.0 Å². The molecule has 0 aromatic rings. The van der Waals surface area contributed by atoms with E-state index in [-0.39, 0.29) is 5.41 Å². The molecule has 0 bridgehead atoms. The smallest absolute Gasteiger partial charge is 0.211 e. The van der Waals surface area contributed by atoms with Gasteiger partial charge in [-0.3, -0.25) is 0 Å². The predicted molar refractivity (Wildman–Crippen MR) is 85.3 cm³/mol. The Morgan fingerprint density at radius 2 is 2.00 bits per heavy atom. The van der Waals surface area contributed by atoms with E-state index in [1.807, 2.05) is 0 Å². The Balaban J connectivity index is 2.46. The number of nitrogens with one attached hydrogen (secondary N) is 1. The summed E-state index contributed by atoms with van der Waals surface area (Å²) in [7, 11) is -3.02. The zero-order valence-corrected chi connectivity index (χ0v) is 14.6. The third-order valence-electron chi connectivity index (χ3n) is 4.15. The second kappa shape index (κ2) is 7.23. The Kier molecular flexibility index (Phi) is 6.48. The maximum Gasteiger partial charge on any atom is 0.211 e. The van der Waals surface area contributed by atoms with Crippen molar-refractivity contribution in [2.24, 2.45) is 11.3 Å². The molecule has 0 radical (unpaired) electrons. The van der Waals surface area contributed by atoms with Gasteiger partial charge in [-0.1, -0.05) is 27.7 Å². The van der Waals surface area contributed by atoms with Crippen LogP contribution in [-0.4, -0.2) is 44.7 Å². The second-order valence-corrected chi connectivity index (χ2v) is 9.34. The topological polar surface area (TPSA) is 49.4 Å². The molecule has 4 nitrogen and oxygen atoms in total. The minimum absolute atomic E-state index is 0.271. The maximum atomic E-state index is 11.7. The van der Waals surface area contributed by atoms with Crippen LogP contribution in [0.4, 0.5) is 0 Å². The van der Waals surface area contributed by atoms with Gasteiger partial charge in [0.2, 0.25) is 10.0 Å². The van der Waals surface area contributed by atoms with Crippen LogP contribution >= 0.6 is 0 Å². The molecule has 0 aliphatic carbocycles. The number of rotatable bonds is 7. The molecule has 1 fully saturated rings. The lowest BCUT2D eigenvalue weighted by Crippen LogP contribution is -2.40. The van der Waals surface area contributed by atoms with Crippen LogP contribution in [0.5, 0.6) is 0 Å². The lowest BCUT2D eigenvalue weighted by molar-refractivity contribution is 0.180. The highest BCUT2D eigenvalue weighted by Crippen LogP contribution is 2.33. The number of hydrogen-bond acceptors (Lipinski definition) is 3. The summed E-state index contributed by atoms with van der Waals surface area (Å²) in [5.41, 5.74) is 0.271. The monoisotopic (exact) mass is 304 g/mol. The van der Waals surface area contributed by atoms with Crippen molar-refractivity contribution in [2.75, 3.05) is 25.9 Å². The summed E-state index contributed by atoms with van der Waals surface area (Å²) in [5.74, 6) is 0.507. The van der Waals surface area contributed by atoms with Crippen molar-refractivity contribution in [2.45, 2.75) is 59.4 Å². The average Bonchev–Trinajstić information content (AvgIpc) is 2.26. The average molecular weight is 304 g/mol. The van der Waals surface area contributed by atoms with Crippen LogP contribution in [0, 0.1) is 11.3 Å². The highest BCUT2D eigenvalue weighted by atomic mass is 32.2. The summed E-state index contributed by atoms with van der Waals surface area (Å²) in [6, 6.07) is 0.529. The third kappa shape index (κ3) is 6.55. The zero-order chi connectivity index (χ0) is 15.4. The Labute approximate surface area is 125 Å². The molecule has 120 valence electrons. The Morgan fingerprint density at radius 1 is 1.35 bits per heavy atom. The Bertz CT molecular complexity index is 391. The van der Waals surface area contributed by atoms with Crippen molar-refractivity contribution in [3.05, 3.63) is 0 Å². The molecule has 1 rings (SSSR count). The molecule has 1 saturated heterocycles. The van der Waals surface area contributed by atoms with E-state index in [9.17, 15) is 8.42 Å². The van der Waals surface area contributed by atoms with Gasteiger partial charge in [-0.15, -0.1) is 0 Å². The molecule has 1 atom stereocenters. The van der Waals surface area contributed by atoms with Gasteiger partial charge in [0.1, 0.15) is 0 Å². The van der Waals surface area contributed by atoms with E-state index >= 15 is 0 Å². The molecule has 1 N–H and O–H groups in total. The van der Waals surface area contributed by atoms with Crippen LogP contribution in [0.25, 0.3) is 0 Å². The van der Waals surface area contributed by atoms with E-state index in [2.05, 4.69) is 33.0 Å². The van der Waals surface area contributed by atoms with Gasteiger partial charge in [-0.25, -0.2) is 12.7 Å². The SMILES string of the molecule is CC(C)NCCC(C)(C)CC1CCCN(S(C)(=O)=O)C1. The van der Waals surface area contributed by atoms with Crippen LogP contribution in [0.3, 0.4) is 0 Å². The molecule has 1 heterocycles. The normalized spacial score (nSPS) is 22.4. The van der Waals surface area contributed by atoms with E-state index in [4.69, 9.17) is 0 Å². The number of piperidine rings is 1. The molecule has 0 amide bonds. The van der Waals surface area contributed by atoms with Crippen LogP contribution in [0.15, 0.2) is 0 Å². The van der Waals surface area contributed by atoms with Crippen LogP contribution in [-0.2, 0) is 10.0 Å². The van der Waals surface area contributed by atoms with Crippen LogP contribution in [0.2, 0.25) is 0 Å². The van der Waals surface area contributed by atoms with Crippen molar-refractivity contribution in [1.82, 2.24) is 9.62 Å². The number of sulfonamides is 1. The van der Waals surface area contributed by atoms with Crippen molar-refractivity contribution in [3.63, 3.8) is 0 Å². The molecule has 1 unspecified atom stereocenters. The molecule has 0 spiro atoms. The minimum Gasteiger partial charge on any atom is -0.315 e. The van der Waals surface area contributed by atoms with Crippen molar-refractivity contribution >= 4 is 10.0 Å². The van der Waals surface area contributed by atoms with Crippen LogP contribution in [0.1, 0.15) is 53.4 Å². The van der Waals surface area contributed by atoms with Gasteiger partial charge < -0.3 is 5.32 Å². The van der Waals surface area contributed by atoms with Gasteiger partial charge >= 0.3 is 0 Å². The van der Waals surface area contributed by atoms with Gasteiger partial charge in [0, 0.05) is 19.1 Å². The molecular formula is C15H32N2O2S. The standard InChI is InChI=1S/C15H32N2O2S/c1-13(2)16-9-8-15(3,4)11-14-7-6-10-17(12-14)20(5,18)19/h13-14,16H,6-12H2,1-5H3. The summed E-state index contributed by atoms with van der Waals surface area (Å²) in [5, 5.41) is 3.47. The number of hydrogen-bond donors (Lipinski definition) is 1. The first kappa shape index (κ1) is 17.9. The predicted octanol–water partition coefficient (Wildman–Crippen LogP) is 2.46. The highest BCUT2D eigenvalue weighted by molar-refractivity contribution is 7.88. The largest absolute Gasteiger partial charge is 0.315 e. The fourth-order valence-corrected chi connectivity index (χ4v) is 4.02. The molecular weight excluding hydrogens is 272 g/mol. The summed E-state index contributed by atoms with van der Waals surface area (Å²) >= 11 is 0. The summed E-state index contributed by atoms with van der Waals surface area (Å²) < 4.78 is 25.0. The first-order chi connectivity index (χ1) is 9.10. The Morgan fingerprint density at radius 3 is 2.55 bits per heavy atom. The lowest BCUT2D eigenvalue weighted by atomic mass is 9.78. The molecule has 0 saturated carbocycles. The quantitative estimate of drug-likeness (QED) is 0.786. The first-order valence-corrected chi connectivity index (χ1v) is 9.63. The summed E-state index contributed by atoms with van der Waals surface area (Å²) in [4.78, 5) is 0. The summed E-state index contributed by atoms with van der Waals surface area (Å²) in [6.07, 6.45) is 5.73. The lowest BCUT2D eigenvalue weighted by Gasteiger charge is -2.36. The first-order valence-electron chi connectivity index (χ1n) is 7.79. The van der Waals surface area contributed by atoms with E-state index in [1.54, 1.807) is 4.31 Å². The molecule has 0 aromatic carbocycles. The van der Waals surface area contributed by atoms with Crippen LogP contribution < -0.4 is 5.32 Å². The highest BCUT2D eigenvalue weighted by Gasteiger charge is 2.30. The third-order valence-corrected chi connectivity index (χ3v) is 5.42. The van der Waals surface area contributed by atoms with Gasteiger partial charge in [-0.2, -0.15) is 0 Å². The van der Waals surface area contributed by atoms with E-state index in [0.29, 0.717) is 25.0 Å². The molecule has 0 aromatic heterocycles. The maximum absolute atomic E-state index is 11.7.